The van der Waals surface area contributed by atoms with Gasteiger partial charge in [0.2, 0.25) is 5.78 Å². The quantitative estimate of drug-likeness (QED) is 0.148. The smallest absolute Gasteiger partial charge is 0.350 e. The molecule has 0 aromatic carbocycles. The average Bonchev–Trinajstić information content (AvgIpc) is 3.35. The van der Waals surface area contributed by atoms with Gasteiger partial charge in [-0.05, 0) is 73.0 Å². The van der Waals surface area contributed by atoms with Crippen molar-refractivity contribution in [1.82, 2.24) is 0 Å². The molecule has 0 aromatic heterocycles. The predicted molar refractivity (Wildman–Crippen MR) is 114 cm³/mol. The molecule has 0 N–H and O–H groups in total. The van der Waals surface area contributed by atoms with E-state index in [-0.39, 0.29) is 17.9 Å². The Morgan fingerprint density at radius 3 is 2.37 bits per heavy atom. The summed E-state index contributed by atoms with van der Waals surface area (Å²) in [6, 6.07) is 0. The lowest BCUT2D eigenvalue weighted by molar-refractivity contribution is -0.155. The van der Waals surface area contributed by atoms with E-state index in [4.69, 9.17) is 14.2 Å². The Kier molecular flexibility index (Phi) is 7.24. The van der Waals surface area contributed by atoms with Gasteiger partial charge in [0.25, 0.3) is 5.60 Å². The molecular formula is C24H32O6. The fraction of sp³-hybridized carbons (Fsp3) is 0.542. The Morgan fingerprint density at radius 2 is 1.87 bits per heavy atom. The van der Waals surface area contributed by atoms with Crippen LogP contribution in [0.1, 0.15) is 61.3 Å². The van der Waals surface area contributed by atoms with Crippen LogP contribution in [0.15, 0.2) is 47.1 Å². The summed E-state index contributed by atoms with van der Waals surface area (Å²) in [5, 5.41) is 0. The van der Waals surface area contributed by atoms with Crippen molar-refractivity contribution in [2.24, 2.45) is 0 Å². The summed E-state index contributed by atoms with van der Waals surface area (Å²) in [4.78, 5) is 36.7. The molecule has 0 saturated carbocycles. The normalized spacial score (nSPS) is 27.2. The molecule has 2 heterocycles. The largest absolute Gasteiger partial charge is 0.457 e. The zero-order chi connectivity index (χ0) is 22.7. The number of hydrogen-bond donors (Lipinski definition) is 0. The summed E-state index contributed by atoms with van der Waals surface area (Å²) in [6.07, 6.45) is 9.75. The van der Waals surface area contributed by atoms with Crippen molar-refractivity contribution in [3.8, 4) is 0 Å². The topological polar surface area (TPSA) is 82.2 Å². The lowest BCUT2D eigenvalue weighted by Crippen LogP contribution is -2.33. The van der Waals surface area contributed by atoms with Crippen molar-refractivity contribution in [2.45, 2.75) is 84.7 Å². The standard InChI is InChI=1S/C24H32O6/c1-8-18(21(26)30-23(5,6)7)14-15(2)12-10-9-11-13-16(3)19(25)24-20(29-24)17(4)28-22(24)27/h8,10,12-14,17,20H,9,11H2,1-7H3/b12-10+,15-14+,16-13+,18-8+/t17-,20-,24-/m0/s1. The number of unbranched alkanes of at least 4 members (excludes halogenated alkanes) is 1. The number of rotatable bonds is 8. The van der Waals surface area contributed by atoms with Gasteiger partial charge in [-0.3, -0.25) is 4.79 Å². The third-order valence-corrected chi connectivity index (χ3v) is 4.87. The van der Waals surface area contributed by atoms with Gasteiger partial charge in [-0.2, -0.15) is 0 Å². The monoisotopic (exact) mass is 416 g/mol. The van der Waals surface area contributed by atoms with E-state index in [0.29, 0.717) is 24.0 Å². The Labute approximate surface area is 178 Å². The van der Waals surface area contributed by atoms with Gasteiger partial charge in [0, 0.05) is 0 Å². The first-order chi connectivity index (χ1) is 13.9. The van der Waals surface area contributed by atoms with Crippen molar-refractivity contribution in [3.63, 3.8) is 0 Å². The van der Waals surface area contributed by atoms with E-state index in [0.717, 1.165) is 5.57 Å². The summed E-state index contributed by atoms with van der Waals surface area (Å²) in [5.74, 6) is -1.24. The van der Waals surface area contributed by atoms with E-state index in [1.165, 1.54) is 0 Å². The Hall–Kier alpha value is -2.47. The Balaban J connectivity index is 1.87. The summed E-state index contributed by atoms with van der Waals surface area (Å²) < 4.78 is 15.9. The van der Waals surface area contributed by atoms with Gasteiger partial charge in [0.05, 0.1) is 5.57 Å². The fourth-order valence-electron chi connectivity index (χ4n) is 3.29. The van der Waals surface area contributed by atoms with Crippen molar-refractivity contribution < 1.29 is 28.6 Å². The zero-order valence-corrected chi connectivity index (χ0v) is 18.9. The molecule has 0 spiro atoms. The first-order valence-corrected chi connectivity index (χ1v) is 10.3. The molecule has 6 heteroatoms. The van der Waals surface area contributed by atoms with Gasteiger partial charge in [-0.1, -0.05) is 29.9 Å². The first kappa shape index (κ1) is 23.8. The van der Waals surface area contributed by atoms with Gasteiger partial charge < -0.3 is 14.2 Å². The first-order valence-electron chi connectivity index (χ1n) is 10.3. The molecular weight excluding hydrogens is 384 g/mol. The number of ether oxygens (including phenoxy) is 3. The number of carbonyl (C=O) groups excluding carboxylic acids is 3. The number of allylic oxidation sites excluding steroid dienone is 5. The third-order valence-electron chi connectivity index (χ3n) is 4.87. The van der Waals surface area contributed by atoms with Crippen LogP contribution in [0.2, 0.25) is 0 Å². The van der Waals surface area contributed by atoms with Crippen LogP contribution in [0, 0.1) is 0 Å². The van der Waals surface area contributed by atoms with Crippen LogP contribution in [0.25, 0.3) is 0 Å². The maximum Gasteiger partial charge on any atom is 0.350 e. The number of hydrogen-bond acceptors (Lipinski definition) is 6. The SMILES string of the molecule is C\C=C(/C=C(C)/C=C/CC/C=C(\C)C(=O)[C@]12O[C@H]1[C@H](C)OC2=O)C(=O)OC(C)(C)C. The van der Waals surface area contributed by atoms with Crippen LogP contribution < -0.4 is 0 Å². The summed E-state index contributed by atoms with van der Waals surface area (Å²) in [6.45, 7) is 12.6. The minimum absolute atomic E-state index is 0.308. The molecule has 6 nitrogen and oxygen atoms in total. The molecule has 0 amide bonds. The molecule has 0 bridgehead atoms. The zero-order valence-electron chi connectivity index (χ0n) is 18.9. The molecule has 2 aliphatic heterocycles. The molecule has 2 saturated heterocycles. The van der Waals surface area contributed by atoms with E-state index in [1.54, 1.807) is 32.9 Å². The molecule has 3 atom stereocenters. The van der Waals surface area contributed by atoms with Gasteiger partial charge in [-0.25, -0.2) is 9.59 Å². The van der Waals surface area contributed by atoms with E-state index in [2.05, 4.69) is 0 Å². The van der Waals surface area contributed by atoms with E-state index in [9.17, 15) is 14.4 Å². The molecule has 0 unspecified atom stereocenters. The number of fused-ring (bicyclic) bond motifs is 1. The predicted octanol–water partition coefficient (Wildman–Crippen LogP) is 4.16. The molecule has 164 valence electrons. The molecule has 0 radical (unpaired) electrons. The summed E-state index contributed by atoms with van der Waals surface area (Å²) in [7, 11) is 0. The van der Waals surface area contributed by atoms with Crippen molar-refractivity contribution in [2.75, 3.05) is 0 Å². The second-order valence-electron chi connectivity index (χ2n) is 8.71. The summed E-state index contributed by atoms with van der Waals surface area (Å²) in [5.41, 5.74) is -0.0148. The highest BCUT2D eigenvalue weighted by atomic mass is 16.7. The fourth-order valence-corrected chi connectivity index (χ4v) is 3.29. The van der Waals surface area contributed by atoms with E-state index in [1.807, 2.05) is 45.9 Å². The number of carbonyl (C=O) groups is 3. The van der Waals surface area contributed by atoms with E-state index < -0.39 is 23.3 Å². The lowest BCUT2D eigenvalue weighted by atomic mass is 9.94. The highest BCUT2D eigenvalue weighted by Gasteiger charge is 2.76. The van der Waals surface area contributed by atoms with Crippen LogP contribution in [-0.2, 0) is 28.6 Å². The van der Waals surface area contributed by atoms with E-state index >= 15 is 0 Å². The van der Waals surface area contributed by atoms with Gasteiger partial charge in [0.1, 0.15) is 17.8 Å². The number of ketones is 1. The Morgan fingerprint density at radius 1 is 1.20 bits per heavy atom. The number of cyclic esters (lactones) is 1. The lowest BCUT2D eigenvalue weighted by Gasteiger charge is -2.19. The second-order valence-corrected chi connectivity index (χ2v) is 8.71. The minimum Gasteiger partial charge on any atom is -0.457 e. The van der Waals surface area contributed by atoms with Crippen LogP contribution in [0.3, 0.4) is 0 Å². The molecule has 0 aromatic rings. The molecule has 2 fully saturated rings. The van der Waals surface area contributed by atoms with Crippen LogP contribution in [-0.4, -0.2) is 41.1 Å². The number of esters is 2. The van der Waals surface area contributed by atoms with Crippen molar-refractivity contribution in [3.05, 3.63) is 47.1 Å². The van der Waals surface area contributed by atoms with Crippen molar-refractivity contribution in [1.29, 1.82) is 0 Å². The molecule has 30 heavy (non-hydrogen) atoms. The van der Waals surface area contributed by atoms with Gasteiger partial charge in [-0.15, -0.1) is 0 Å². The Bertz CT molecular complexity index is 836. The number of epoxide rings is 1. The van der Waals surface area contributed by atoms with Crippen LogP contribution >= 0.6 is 0 Å². The molecule has 0 aliphatic carbocycles. The van der Waals surface area contributed by atoms with Crippen LogP contribution in [0.4, 0.5) is 0 Å². The minimum atomic E-state index is -1.40. The van der Waals surface area contributed by atoms with Crippen molar-refractivity contribution >= 4 is 17.7 Å². The second kappa shape index (κ2) is 9.13. The maximum atomic E-state index is 12.6. The highest BCUT2D eigenvalue weighted by molar-refractivity contribution is 6.19. The maximum absolute atomic E-state index is 12.6. The van der Waals surface area contributed by atoms with Gasteiger partial charge in [0.15, 0.2) is 0 Å². The molecule has 2 rings (SSSR count). The third kappa shape index (κ3) is 5.36. The van der Waals surface area contributed by atoms with Crippen LogP contribution in [0.5, 0.6) is 0 Å². The number of Topliss-reactive ketones (excluding diaryl/α,β-unsaturated/α-hetero) is 1. The van der Waals surface area contributed by atoms with Gasteiger partial charge >= 0.3 is 11.9 Å². The summed E-state index contributed by atoms with van der Waals surface area (Å²) >= 11 is 0. The highest BCUT2D eigenvalue weighted by Crippen LogP contribution is 2.48. The molecule has 2 aliphatic rings. The average molecular weight is 417 g/mol.